The number of rotatable bonds is 1. The van der Waals surface area contributed by atoms with E-state index in [1.54, 1.807) is 0 Å². The fourth-order valence-electron chi connectivity index (χ4n) is 1.52. The highest BCUT2D eigenvalue weighted by Gasteiger charge is 2.18. The maximum atomic E-state index is 11.6. The summed E-state index contributed by atoms with van der Waals surface area (Å²) in [5, 5.41) is 3.06. The van der Waals surface area contributed by atoms with Crippen LogP contribution in [0.4, 0.5) is 5.69 Å². The summed E-state index contributed by atoms with van der Waals surface area (Å²) in [7, 11) is 0. The highest BCUT2D eigenvalue weighted by Crippen LogP contribution is 2.18. The highest BCUT2D eigenvalue weighted by atomic mass is 127. The van der Waals surface area contributed by atoms with Crippen LogP contribution in [0.25, 0.3) is 0 Å². The molecule has 74 valence electrons. The number of benzene rings is 1. The summed E-state index contributed by atoms with van der Waals surface area (Å²) in [5.41, 5.74) is 1.00. The van der Waals surface area contributed by atoms with Gasteiger partial charge in [0.05, 0.1) is 6.54 Å². The van der Waals surface area contributed by atoms with Crippen molar-refractivity contribution in [3.8, 4) is 0 Å². The molecule has 0 bridgehead atoms. The molecule has 0 saturated carbocycles. The monoisotopic (exact) mass is 302 g/mol. The molecule has 0 aromatic heterocycles. The smallest absolute Gasteiger partial charge is 0.240 e. The predicted octanol–water partition coefficient (Wildman–Crippen LogP) is 1.23. The van der Waals surface area contributed by atoms with Crippen LogP contribution in [-0.4, -0.2) is 25.5 Å². The Kier molecular flexibility index (Phi) is 3.02. The first kappa shape index (κ1) is 9.92. The van der Waals surface area contributed by atoms with Gasteiger partial charge in [-0.05, 0) is 40.8 Å². The Morgan fingerprint density at radius 1 is 1.43 bits per heavy atom. The lowest BCUT2D eigenvalue weighted by atomic mass is 10.2. The van der Waals surface area contributed by atoms with Gasteiger partial charge in [0.2, 0.25) is 5.91 Å². The zero-order valence-electron chi connectivity index (χ0n) is 7.66. The molecule has 0 radical (unpaired) electrons. The van der Waals surface area contributed by atoms with Crippen LogP contribution in [0.5, 0.6) is 0 Å². The van der Waals surface area contributed by atoms with Crippen molar-refractivity contribution in [2.75, 3.05) is 24.5 Å². The van der Waals surface area contributed by atoms with Crippen LogP contribution in [0.2, 0.25) is 0 Å². The second kappa shape index (κ2) is 4.27. The summed E-state index contributed by atoms with van der Waals surface area (Å²) in [6.45, 7) is 2.08. The van der Waals surface area contributed by atoms with Gasteiger partial charge in [-0.3, -0.25) is 4.79 Å². The van der Waals surface area contributed by atoms with E-state index in [1.165, 1.54) is 0 Å². The second-order valence-electron chi connectivity index (χ2n) is 3.20. The van der Waals surface area contributed by atoms with Gasteiger partial charge in [0, 0.05) is 22.3 Å². The Labute approximate surface area is 96.6 Å². The van der Waals surface area contributed by atoms with Crippen LogP contribution < -0.4 is 10.2 Å². The van der Waals surface area contributed by atoms with Gasteiger partial charge in [0.25, 0.3) is 0 Å². The number of piperazine rings is 1. The SMILES string of the molecule is O=C1CNCCN1c1cccc(I)c1. The van der Waals surface area contributed by atoms with E-state index in [0.29, 0.717) is 6.54 Å². The molecule has 0 atom stereocenters. The Balaban J connectivity index is 2.24. The molecule has 1 N–H and O–H groups in total. The van der Waals surface area contributed by atoms with Crippen LogP contribution in [-0.2, 0) is 4.79 Å². The van der Waals surface area contributed by atoms with E-state index >= 15 is 0 Å². The van der Waals surface area contributed by atoms with Gasteiger partial charge >= 0.3 is 0 Å². The Morgan fingerprint density at radius 2 is 2.29 bits per heavy atom. The molecule has 1 saturated heterocycles. The summed E-state index contributed by atoms with van der Waals surface area (Å²) < 4.78 is 1.16. The minimum absolute atomic E-state index is 0.151. The van der Waals surface area contributed by atoms with Gasteiger partial charge in [-0.2, -0.15) is 0 Å². The fourth-order valence-corrected chi connectivity index (χ4v) is 2.05. The van der Waals surface area contributed by atoms with E-state index < -0.39 is 0 Å². The lowest BCUT2D eigenvalue weighted by Crippen LogP contribution is -2.48. The van der Waals surface area contributed by atoms with Gasteiger partial charge < -0.3 is 10.2 Å². The van der Waals surface area contributed by atoms with Crippen LogP contribution >= 0.6 is 22.6 Å². The second-order valence-corrected chi connectivity index (χ2v) is 4.45. The van der Waals surface area contributed by atoms with Gasteiger partial charge in [-0.15, -0.1) is 0 Å². The quantitative estimate of drug-likeness (QED) is 0.791. The average molecular weight is 302 g/mol. The predicted molar refractivity (Wildman–Crippen MR) is 64.4 cm³/mol. The molecule has 1 aliphatic rings. The molecular weight excluding hydrogens is 291 g/mol. The zero-order chi connectivity index (χ0) is 9.97. The van der Waals surface area contributed by atoms with Crippen molar-refractivity contribution in [3.05, 3.63) is 27.8 Å². The third-order valence-corrected chi connectivity index (χ3v) is 2.88. The number of nitrogens with zero attached hydrogens (tertiary/aromatic N) is 1. The van der Waals surface area contributed by atoms with Gasteiger partial charge in [-0.1, -0.05) is 6.07 Å². The van der Waals surface area contributed by atoms with Crippen molar-refractivity contribution < 1.29 is 4.79 Å². The summed E-state index contributed by atoms with van der Waals surface area (Å²) in [6.07, 6.45) is 0. The Morgan fingerprint density at radius 3 is 3.00 bits per heavy atom. The fraction of sp³-hybridized carbons (Fsp3) is 0.300. The third kappa shape index (κ3) is 2.06. The normalized spacial score (nSPS) is 17.2. The standard InChI is InChI=1S/C10H11IN2O/c11-8-2-1-3-9(6-8)13-5-4-12-7-10(13)14/h1-3,6,12H,4-5,7H2. The lowest BCUT2D eigenvalue weighted by Gasteiger charge is -2.27. The van der Waals surface area contributed by atoms with Crippen molar-refractivity contribution in [1.82, 2.24) is 5.32 Å². The van der Waals surface area contributed by atoms with Gasteiger partial charge in [0.1, 0.15) is 0 Å². The Bertz CT molecular complexity index is 354. The van der Waals surface area contributed by atoms with E-state index in [2.05, 4.69) is 27.9 Å². The Hall–Kier alpha value is -0.620. The minimum Gasteiger partial charge on any atom is -0.310 e. The molecule has 0 aliphatic carbocycles. The highest BCUT2D eigenvalue weighted by molar-refractivity contribution is 14.1. The number of anilines is 1. The molecule has 2 rings (SSSR count). The third-order valence-electron chi connectivity index (χ3n) is 2.21. The maximum Gasteiger partial charge on any atom is 0.240 e. The number of carbonyl (C=O) groups is 1. The van der Waals surface area contributed by atoms with Gasteiger partial charge in [0.15, 0.2) is 0 Å². The molecule has 1 amide bonds. The maximum absolute atomic E-state index is 11.6. The summed E-state index contributed by atoms with van der Waals surface area (Å²) in [5.74, 6) is 0.151. The molecule has 3 nitrogen and oxygen atoms in total. The first-order chi connectivity index (χ1) is 6.77. The van der Waals surface area contributed by atoms with Crippen LogP contribution in [0.15, 0.2) is 24.3 Å². The van der Waals surface area contributed by atoms with Crippen molar-refractivity contribution in [2.24, 2.45) is 0 Å². The summed E-state index contributed by atoms with van der Waals surface area (Å²) in [4.78, 5) is 13.4. The van der Waals surface area contributed by atoms with E-state index in [4.69, 9.17) is 0 Å². The minimum atomic E-state index is 0.151. The number of hydrogen-bond acceptors (Lipinski definition) is 2. The molecule has 4 heteroatoms. The van der Waals surface area contributed by atoms with Crippen molar-refractivity contribution in [3.63, 3.8) is 0 Å². The molecule has 1 heterocycles. The largest absolute Gasteiger partial charge is 0.310 e. The topological polar surface area (TPSA) is 32.3 Å². The van der Waals surface area contributed by atoms with Gasteiger partial charge in [-0.25, -0.2) is 0 Å². The van der Waals surface area contributed by atoms with Crippen LogP contribution in [0, 0.1) is 3.57 Å². The number of halogens is 1. The van der Waals surface area contributed by atoms with Crippen molar-refractivity contribution >= 4 is 34.2 Å². The zero-order valence-corrected chi connectivity index (χ0v) is 9.82. The molecule has 0 unspecified atom stereocenters. The average Bonchev–Trinajstić information content (AvgIpc) is 2.18. The molecule has 1 aromatic rings. The lowest BCUT2D eigenvalue weighted by molar-refractivity contribution is -0.118. The molecule has 1 fully saturated rings. The molecule has 0 spiro atoms. The van der Waals surface area contributed by atoms with Crippen molar-refractivity contribution in [1.29, 1.82) is 0 Å². The van der Waals surface area contributed by atoms with E-state index in [0.717, 1.165) is 22.3 Å². The number of hydrogen-bond donors (Lipinski definition) is 1. The molecular formula is C10H11IN2O. The number of carbonyl (C=O) groups excluding carboxylic acids is 1. The molecule has 1 aliphatic heterocycles. The first-order valence-electron chi connectivity index (χ1n) is 4.54. The van der Waals surface area contributed by atoms with E-state index in [9.17, 15) is 4.79 Å². The summed E-state index contributed by atoms with van der Waals surface area (Å²) >= 11 is 2.26. The summed E-state index contributed by atoms with van der Waals surface area (Å²) in [6, 6.07) is 8.01. The van der Waals surface area contributed by atoms with E-state index in [1.807, 2.05) is 29.2 Å². The van der Waals surface area contributed by atoms with Crippen LogP contribution in [0.1, 0.15) is 0 Å². The number of amides is 1. The molecule has 1 aromatic carbocycles. The first-order valence-corrected chi connectivity index (χ1v) is 5.62. The van der Waals surface area contributed by atoms with Crippen molar-refractivity contribution in [2.45, 2.75) is 0 Å². The molecule has 14 heavy (non-hydrogen) atoms. The van der Waals surface area contributed by atoms with E-state index in [-0.39, 0.29) is 5.91 Å². The van der Waals surface area contributed by atoms with Crippen LogP contribution in [0.3, 0.4) is 0 Å². The number of nitrogens with one attached hydrogen (secondary N) is 1.